The SMILES string of the molecule is CCCCCC(=O)CC(=O)CCCC. The first-order chi connectivity index (χ1) is 6.70. The molecule has 0 saturated carbocycles. The van der Waals surface area contributed by atoms with E-state index in [0.717, 1.165) is 32.1 Å². The second-order valence-corrected chi connectivity index (χ2v) is 3.81. The van der Waals surface area contributed by atoms with E-state index in [9.17, 15) is 9.59 Å². The summed E-state index contributed by atoms with van der Waals surface area (Å²) in [5.41, 5.74) is 0. The van der Waals surface area contributed by atoms with Crippen molar-refractivity contribution in [3.05, 3.63) is 0 Å². The van der Waals surface area contributed by atoms with Crippen LogP contribution in [0.3, 0.4) is 0 Å². The van der Waals surface area contributed by atoms with Crippen molar-refractivity contribution < 1.29 is 9.59 Å². The number of hydrogen-bond acceptors (Lipinski definition) is 2. The van der Waals surface area contributed by atoms with Gasteiger partial charge in [-0.05, 0) is 12.8 Å². The highest BCUT2D eigenvalue weighted by atomic mass is 16.1. The van der Waals surface area contributed by atoms with Crippen LogP contribution in [0.25, 0.3) is 0 Å². The van der Waals surface area contributed by atoms with Crippen LogP contribution in [-0.4, -0.2) is 11.6 Å². The number of unbranched alkanes of at least 4 members (excludes halogenated alkanes) is 3. The highest BCUT2D eigenvalue weighted by Gasteiger charge is 2.08. The average molecular weight is 198 g/mol. The van der Waals surface area contributed by atoms with Gasteiger partial charge in [0.2, 0.25) is 0 Å². The van der Waals surface area contributed by atoms with E-state index < -0.39 is 0 Å². The van der Waals surface area contributed by atoms with Gasteiger partial charge in [0.1, 0.15) is 11.6 Å². The lowest BCUT2D eigenvalue weighted by molar-refractivity contribution is -0.127. The number of hydrogen-bond donors (Lipinski definition) is 0. The van der Waals surface area contributed by atoms with Crippen LogP contribution in [0, 0.1) is 0 Å². The number of carbonyl (C=O) groups excluding carboxylic acids is 2. The van der Waals surface area contributed by atoms with Crippen LogP contribution in [0.1, 0.15) is 65.2 Å². The molecule has 82 valence electrons. The molecule has 0 aliphatic rings. The maximum Gasteiger partial charge on any atom is 0.140 e. The molecule has 2 nitrogen and oxygen atoms in total. The van der Waals surface area contributed by atoms with E-state index in [-0.39, 0.29) is 18.0 Å². The summed E-state index contributed by atoms with van der Waals surface area (Å²) in [7, 11) is 0. The second kappa shape index (κ2) is 8.92. The Bertz CT molecular complexity index is 173. The van der Waals surface area contributed by atoms with Crippen LogP contribution >= 0.6 is 0 Å². The molecule has 2 heteroatoms. The van der Waals surface area contributed by atoms with Gasteiger partial charge in [0.15, 0.2) is 0 Å². The fourth-order valence-electron chi connectivity index (χ4n) is 1.34. The summed E-state index contributed by atoms with van der Waals surface area (Å²) in [6, 6.07) is 0. The minimum Gasteiger partial charge on any atom is -0.299 e. The topological polar surface area (TPSA) is 34.1 Å². The molecule has 0 spiro atoms. The molecule has 0 aromatic heterocycles. The zero-order valence-corrected chi connectivity index (χ0v) is 9.47. The second-order valence-electron chi connectivity index (χ2n) is 3.81. The van der Waals surface area contributed by atoms with Crippen LogP contribution in [0.15, 0.2) is 0 Å². The quantitative estimate of drug-likeness (QED) is 0.421. The minimum atomic E-state index is 0.119. The molecule has 0 fully saturated rings. The molecular weight excluding hydrogens is 176 g/mol. The molecule has 0 aliphatic heterocycles. The van der Waals surface area contributed by atoms with Gasteiger partial charge in [-0.1, -0.05) is 33.1 Å². The van der Waals surface area contributed by atoms with E-state index in [1.54, 1.807) is 0 Å². The Morgan fingerprint density at radius 2 is 1.29 bits per heavy atom. The van der Waals surface area contributed by atoms with Crippen molar-refractivity contribution in [1.82, 2.24) is 0 Å². The summed E-state index contributed by atoms with van der Waals surface area (Å²) < 4.78 is 0. The van der Waals surface area contributed by atoms with Crippen molar-refractivity contribution in [2.45, 2.75) is 65.2 Å². The predicted molar refractivity (Wildman–Crippen MR) is 58.3 cm³/mol. The third kappa shape index (κ3) is 7.96. The van der Waals surface area contributed by atoms with E-state index in [1.165, 1.54) is 0 Å². The van der Waals surface area contributed by atoms with Gasteiger partial charge in [0, 0.05) is 12.8 Å². The van der Waals surface area contributed by atoms with Gasteiger partial charge >= 0.3 is 0 Å². The number of ketones is 2. The first kappa shape index (κ1) is 13.3. The molecule has 0 unspecified atom stereocenters. The van der Waals surface area contributed by atoms with Crippen LogP contribution in [0.2, 0.25) is 0 Å². The highest BCUT2D eigenvalue weighted by Crippen LogP contribution is 2.05. The molecule has 0 atom stereocenters. The molecule has 0 amide bonds. The van der Waals surface area contributed by atoms with Crippen molar-refractivity contribution in [3.8, 4) is 0 Å². The fraction of sp³-hybridized carbons (Fsp3) is 0.833. The standard InChI is InChI=1S/C12H22O2/c1-3-5-7-9-12(14)10-11(13)8-6-4-2/h3-10H2,1-2H3. The summed E-state index contributed by atoms with van der Waals surface area (Å²) >= 11 is 0. The van der Waals surface area contributed by atoms with Gasteiger partial charge < -0.3 is 0 Å². The Morgan fingerprint density at radius 3 is 1.79 bits per heavy atom. The number of rotatable bonds is 9. The smallest absolute Gasteiger partial charge is 0.140 e. The molecule has 0 aliphatic carbocycles. The van der Waals surface area contributed by atoms with Crippen LogP contribution in [0.5, 0.6) is 0 Å². The summed E-state index contributed by atoms with van der Waals surface area (Å²) in [5, 5.41) is 0. The lowest BCUT2D eigenvalue weighted by atomic mass is 10.0. The molecule has 0 N–H and O–H groups in total. The Balaban J connectivity index is 3.45. The Kier molecular flexibility index (Phi) is 8.50. The van der Waals surface area contributed by atoms with E-state index >= 15 is 0 Å². The Hall–Kier alpha value is -0.660. The normalized spacial score (nSPS) is 10.1. The van der Waals surface area contributed by atoms with Crippen molar-refractivity contribution >= 4 is 11.6 Å². The third-order valence-electron chi connectivity index (χ3n) is 2.26. The maximum absolute atomic E-state index is 11.3. The predicted octanol–water partition coefficient (Wildman–Crippen LogP) is 3.29. The third-order valence-corrected chi connectivity index (χ3v) is 2.26. The monoisotopic (exact) mass is 198 g/mol. The summed E-state index contributed by atoms with van der Waals surface area (Å²) in [4.78, 5) is 22.5. The average Bonchev–Trinajstić information content (AvgIpc) is 2.15. The maximum atomic E-state index is 11.3. The largest absolute Gasteiger partial charge is 0.299 e. The molecular formula is C12H22O2. The van der Waals surface area contributed by atoms with Crippen molar-refractivity contribution in [2.75, 3.05) is 0 Å². The minimum absolute atomic E-state index is 0.119. The zero-order valence-electron chi connectivity index (χ0n) is 9.47. The van der Waals surface area contributed by atoms with Crippen molar-refractivity contribution in [2.24, 2.45) is 0 Å². The van der Waals surface area contributed by atoms with Gasteiger partial charge in [0.25, 0.3) is 0 Å². The lowest BCUT2D eigenvalue weighted by Gasteiger charge is -1.99. The summed E-state index contributed by atoms with van der Waals surface area (Å²) in [6.07, 6.45) is 6.44. The van der Waals surface area contributed by atoms with E-state index in [0.29, 0.717) is 12.8 Å². The Morgan fingerprint density at radius 1 is 0.786 bits per heavy atom. The molecule has 0 saturated heterocycles. The number of Topliss-reactive ketones (excluding diaryl/α,β-unsaturated/α-hetero) is 2. The first-order valence-corrected chi connectivity index (χ1v) is 5.74. The zero-order chi connectivity index (χ0) is 10.8. The van der Waals surface area contributed by atoms with Crippen LogP contribution in [0.4, 0.5) is 0 Å². The molecule has 0 rings (SSSR count). The van der Waals surface area contributed by atoms with Crippen molar-refractivity contribution in [3.63, 3.8) is 0 Å². The Labute approximate surface area is 87.1 Å². The molecule has 14 heavy (non-hydrogen) atoms. The van der Waals surface area contributed by atoms with Gasteiger partial charge in [-0.2, -0.15) is 0 Å². The lowest BCUT2D eigenvalue weighted by Crippen LogP contribution is -2.07. The van der Waals surface area contributed by atoms with Crippen LogP contribution < -0.4 is 0 Å². The molecule has 0 aromatic rings. The molecule has 0 bridgehead atoms. The van der Waals surface area contributed by atoms with Crippen LogP contribution in [-0.2, 0) is 9.59 Å². The molecule has 0 radical (unpaired) electrons. The summed E-state index contributed by atoms with van der Waals surface area (Å²) in [6.45, 7) is 4.16. The molecule has 0 aromatic carbocycles. The first-order valence-electron chi connectivity index (χ1n) is 5.74. The fourth-order valence-corrected chi connectivity index (χ4v) is 1.34. The van der Waals surface area contributed by atoms with E-state index in [1.807, 2.05) is 0 Å². The van der Waals surface area contributed by atoms with Gasteiger partial charge in [-0.3, -0.25) is 9.59 Å². The van der Waals surface area contributed by atoms with Crippen molar-refractivity contribution in [1.29, 1.82) is 0 Å². The van der Waals surface area contributed by atoms with Gasteiger partial charge in [-0.25, -0.2) is 0 Å². The van der Waals surface area contributed by atoms with Gasteiger partial charge in [0.05, 0.1) is 6.42 Å². The molecule has 0 heterocycles. The van der Waals surface area contributed by atoms with E-state index in [2.05, 4.69) is 13.8 Å². The van der Waals surface area contributed by atoms with Gasteiger partial charge in [-0.15, -0.1) is 0 Å². The summed E-state index contributed by atoms with van der Waals surface area (Å²) in [5.74, 6) is 0.243. The number of carbonyl (C=O) groups is 2. The highest BCUT2D eigenvalue weighted by molar-refractivity contribution is 5.98. The van der Waals surface area contributed by atoms with E-state index in [4.69, 9.17) is 0 Å².